The van der Waals surface area contributed by atoms with E-state index in [1.165, 1.54) is 0 Å². The monoisotopic (exact) mass is 161 g/mol. The normalized spacial score (nSPS) is 12.8. The molecule has 0 fully saturated rings. The maximum Gasteiger partial charge on any atom is 0.407 e. The predicted molar refractivity (Wildman–Crippen MR) is 41.3 cm³/mol. The van der Waals surface area contributed by atoms with Gasteiger partial charge in [-0.15, -0.1) is 0 Å². The van der Waals surface area contributed by atoms with Crippen LogP contribution < -0.4 is 5.32 Å². The van der Waals surface area contributed by atoms with Crippen molar-refractivity contribution in [1.82, 2.24) is 5.32 Å². The fraction of sp³-hybridized carbons (Fsp3) is 0.857. The second-order valence-corrected chi connectivity index (χ2v) is 2.68. The van der Waals surface area contributed by atoms with E-state index in [4.69, 9.17) is 9.84 Å². The van der Waals surface area contributed by atoms with Crippen molar-refractivity contribution < 1.29 is 14.6 Å². The first-order chi connectivity index (χ1) is 5.06. The Morgan fingerprint density at radius 2 is 2.09 bits per heavy atom. The lowest BCUT2D eigenvalue weighted by Gasteiger charge is -2.12. The molecule has 0 aliphatic carbocycles. The fourth-order valence-corrected chi connectivity index (χ4v) is 0.495. The topological polar surface area (TPSA) is 58.6 Å². The van der Waals surface area contributed by atoms with Gasteiger partial charge in [-0.3, -0.25) is 0 Å². The lowest BCUT2D eigenvalue weighted by Crippen LogP contribution is -2.36. The standard InChI is InChI=1S/C7H15NO3/c1-5(2)11-7(10)8-6(3)4-9/h5-6,9H,4H2,1-3H3,(H,8,10). The number of carbonyl (C=O) groups is 1. The van der Waals surface area contributed by atoms with Crippen LogP contribution in [0.15, 0.2) is 0 Å². The van der Waals surface area contributed by atoms with E-state index in [1.807, 2.05) is 0 Å². The van der Waals surface area contributed by atoms with Crippen molar-refractivity contribution >= 4 is 6.09 Å². The quantitative estimate of drug-likeness (QED) is 0.633. The highest BCUT2D eigenvalue weighted by Crippen LogP contribution is 1.89. The summed E-state index contributed by atoms with van der Waals surface area (Å²) in [7, 11) is 0. The minimum Gasteiger partial charge on any atom is -0.447 e. The van der Waals surface area contributed by atoms with Crippen LogP contribution in [0.1, 0.15) is 20.8 Å². The number of aliphatic hydroxyl groups is 1. The summed E-state index contributed by atoms with van der Waals surface area (Å²) in [6.07, 6.45) is -0.609. The maximum absolute atomic E-state index is 10.8. The van der Waals surface area contributed by atoms with Gasteiger partial charge < -0.3 is 15.2 Å². The molecule has 0 aromatic heterocycles. The maximum atomic E-state index is 10.8. The second kappa shape index (κ2) is 4.96. The minimum atomic E-state index is -0.485. The SMILES string of the molecule is CC(CO)NC(=O)OC(C)C. The summed E-state index contributed by atoms with van der Waals surface area (Å²) in [6.45, 7) is 5.15. The molecule has 0 aliphatic rings. The van der Waals surface area contributed by atoms with E-state index in [0.29, 0.717) is 0 Å². The third-order valence-corrected chi connectivity index (χ3v) is 0.981. The molecular formula is C7H15NO3. The van der Waals surface area contributed by atoms with Crippen LogP contribution in [-0.2, 0) is 4.74 Å². The van der Waals surface area contributed by atoms with Gasteiger partial charge in [-0.1, -0.05) is 0 Å². The number of ether oxygens (including phenoxy) is 1. The molecule has 2 N–H and O–H groups in total. The van der Waals surface area contributed by atoms with E-state index in [2.05, 4.69) is 5.32 Å². The van der Waals surface area contributed by atoms with Crippen LogP contribution in [0.2, 0.25) is 0 Å². The number of hydrogen-bond acceptors (Lipinski definition) is 3. The van der Waals surface area contributed by atoms with Crippen LogP contribution in [0.5, 0.6) is 0 Å². The van der Waals surface area contributed by atoms with E-state index >= 15 is 0 Å². The Balaban J connectivity index is 3.52. The van der Waals surface area contributed by atoms with Gasteiger partial charge in [0.05, 0.1) is 18.8 Å². The highest BCUT2D eigenvalue weighted by Gasteiger charge is 2.07. The van der Waals surface area contributed by atoms with Crippen molar-refractivity contribution in [2.24, 2.45) is 0 Å². The molecule has 0 aromatic rings. The molecule has 0 aliphatic heterocycles. The highest BCUT2D eigenvalue weighted by atomic mass is 16.6. The molecule has 0 rings (SSSR count). The van der Waals surface area contributed by atoms with Gasteiger partial charge >= 0.3 is 6.09 Å². The Kier molecular flexibility index (Phi) is 4.61. The molecule has 1 amide bonds. The summed E-state index contributed by atoms with van der Waals surface area (Å²) >= 11 is 0. The van der Waals surface area contributed by atoms with Gasteiger partial charge in [0.15, 0.2) is 0 Å². The summed E-state index contributed by atoms with van der Waals surface area (Å²) in [5.41, 5.74) is 0. The summed E-state index contributed by atoms with van der Waals surface area (Å²) in [5, 5.41) is 11.0. The van der Waals surface area contributed by atoms with Crippen LogP contribution >= 0.6 is 0 Å². The summed E-state index contributed by atoms with van der Waals surface area (Å²) < 4.78 is 4.76. The first-order valence-corrected chi connectivity index (χ1v) is 3.64. The first kappa shape index (κ1) is 10.2. The third-order valence-electron chi connectivity index (χ3n) is 0.981. The van der Waals surface area contributed by atoms with E-state index in [0.717, 1.165) is 0 Å². The minimum absolute atomic E-state index is 0.0762. The fourth-order valence-electron chi connectivity index (χ4n) is 0.495. The average molecular weight is 161 g/mol. The number of aliphatic hydroxyl groups excluding tert-OH is 1. The molecule has 1 unspecified atom stereocenters. The van der Waals surface area contributed by atoms with E-state index in [-0.39, 0.29) is 18.8 Å². The van der Waals surface area contributed by atoms with Gasteiger partial charge in [-0.25, -0.2) is 4.79 Å². The molecule has 1 atom stereocenters. The Bertz CT molecular complexity index is 125. The third kappa shape index (κ3) is 5.66. The molecule has 0 saturated heterocycles. The van der Waals surface area contributed by atoms with Gasteiger partial charge in [0.2, 0.25) is 0 Å². The van der Waals surface area contributed by atoms with Crippen molar-refractivity contribution in [2.75, 3.05) is 6.61 Å². The molecule has 0 saturated carbocycles. The van der Waals surface area contributed by atoms with Crippen molar-refractivity contribution in [3.05, 3.63) is 0 Å². The molecule has 66 valence electrons. The first-order valence-electron chi connectivity index (χ1n) is 3.64. The Labute approximate surface area is 66.5 Å². The van der Waals surface area contributed by atoms with Gasteiger partial charge in [0.1, 0.15) is 0 Å². The zero-order valence-corrected chi connectivity index (χ0v) is 7.13. The van der Waals surface area contributed by atoms with E-state index in [1.54, 1.807) is 20.8 Å². The predicted octanol–water partition coefficient (Wildman–Crippen LogP) is 0.502. The molecule has 0 bridgehead atoms. The molecule has 4 nitrogen and oxygen atoms in total. The van der Waals surface area contributed by atoms with Crippen LogP contribution in [0.3, 0.4) is 0 Å². The van der Waals surface area contributed by atoms with Gasteiger partial charge in [0, 0.05) is 0 Å². The largest absolute Gasteiger partial charge is 0.447 e. The second-order valence-electron chi connectivity index (χ2n) is 2.68. The van der Waals surface area contributed by atoms with Gasteiger partial charge in [-0.05, 0) is 20.8 Å². The molecular weight excluding hydrogens is 146 g/mol. The summed E-state index contributed by atoms with van der Waals surface area (Å²) in [6, 6.07) is -0.249. The van der Waals surface area contributed by atoms with Crippen LogP contribution in [0, 0.1) is 0 Å². The van der Waals surface area contributed by atoms with Crippen LogP contribution in [0.4, 0.5) is 4.79 Å². The molecule has 0 radical (unpaired) electrons. The number of carbonyl (C=O) groups excluding carboxylic acids is 1. The summed E-state index contributed by atoms with van der Waals surface area (Å²) in [5.74, 6) is 0. The molecule has 0 spiro atoms. The molecule has 4 heteroatoms. The summed E-state index contributed by atoms with van der Waals surface area (Å²) in [4.78, 5) is 10.8. The number of alkyl carbamates (subject to hydrolysis) is 1. The van der Waals surface area contributed by atoms with E-state index < -0.39 is 6.09 Å². The Morgan fingerprint density at radius 1 is 1.55 bits per heavy atom. The van der Waals surface area contributed by atoms with E-state index in [9.17, 15) is 4.79 Å². The number of nitrogens with one attached hydrogen (secondary N) is 1. The van der Waals surface area contributed by atoms with Crippen molar-refractivity contribution in [1.29, 1.82) is 0 Å². The highest BCUT2D eigenvalue weighted by molar-refractivity contribution is 5.67. The number of rotatable bonds is 3. The molecule has 0 heterocycles. The molecule has 11 heavy (non-hydrogen) atoms. The smallest absolute Gasteiger partial charge is 0.407 e. The van der Waals surface area contributed by atoms with Crippen molar-refractivity contribution in [3.63, 3.8) is 0 Å². The van der Waals surface area contributed by atoms with Gasteiger partial charge in [0.25, 0.3) is 0 Å². The zero-order valence-electron chi connectivity index (χ0n) is 7.13. The molecule has 0 aromatic carbocycles. The lowest BCUT2D eigenvalue weighted by atomic mass is 10.4. The Hall–Kier alpha value is -0.770. The zero-order chi connectivity index (χ0) is 8.85. The van der Waals surface area contributed by atoms with Crippen molar-refractivity contribution in [2.45, 2.75) is 32.9 Å². The van der Waals surface area contributed by atoms with Crippen LogP contribution in [0.25, 0.3) is 0 Å². The lowest BCUT2D eigenvalue weighted by molar-refractivity contribution is 0.108. The average Bonchev–Trinajstić information content (AvgIpc) is 1.85. The van der Waals surface area contributed by atoms with Crippen LogP contribution in [-0.4, -0.2) is 30.0 Å². The van der Waals surface area contributed by atoms with Crippen molar-refractivity contribution in [3.8, 4) is 0 Å². The van der Waals surface area contributed by atoms with Gasteiger partial charge in [-0.2, -0.15) is 0 Å². The Morgan fingerprint density at radius 3 is 2.45 bits per heavy atom. The number of amides is 1. The number of hydrogen-bond donors (Lipinski definition) is 2.